The molecule has 7 nitrogen and oxygen atoms in total. The van der Waals surface area contributed by atoms with Gasteiger partial charge in [0.05, 0.1) is 23.7 Å². The van der Waals surface area contributed by atoms with Crippen molar-refractivity contribution in [1.29, 1.82) is 0 Å². The number of methoxy groups -OCH3 is 1. The molecule has 0 heterocycles. The molecule has 8 heteroatoms. The van der Waals surface area contributed by atoms with Crippen molar-refractivity contribution in [3.8, 4) is 5.75 Å². The summed E-state index contributed by atoms with van der Waals surface area (Å²) in [7, 11) is 1.25. The highest BCUT2D eigenvalue weighted by molar-refractivity contribution is 6.31. The summed E-state index contributed by atoms with van der Waals surface area (Å²) < 4.78 is 4.79. The van der Waals surface area contributed by atoms with Crippen molar-refractivity contribution in [1.82, 2.24) is 0 Å². The van der Waals surface area contributed by atoms with Crippen LogP contribution in [-0.4, -0.2) is 40.1 Å². The quantitative estimate of drug-likeness (QED) is 0.538. The van der Waals surface area contributed by atoms with Crippen LogP contribution in [-0.2, 0) is 0 Å². The van der Waals surface area contributed by atoms with Crippen LogP contribution in [0.4, 0.5) is 5.69 Å². The van der Waals surface area contributed by atoms with E-state index in [1.54, 1.807) is 0 Å². The van der Waals surface area contributed by atoms with E-state index >= 15 is 0 Å². The third kappa shape index (κ3) is 2.88. The van der Waals surface area contributed by atoms with Gasteiger partial charge in [-0.1, -0.05) is 11.6 Å². The topological polar surface area (TPSA) is 113 Å². The molecular weight excluding hydrogens is 266 g/mol. The summed E-state index contributed by atoms with van der Waals surface area (Å²) in [6.07, 6.45) is -3.00. The lowest BCUT2D eigenvalue weighted by Gasteiger charge is -2.17. The molecule has 0 fully saturated rings. The van der Waals surface area contributed by atoms with Crippen molar-refractivity contribution >= 4 is 17.3 Å². The second kappa shape index (κ2) is 5.96. The Bertz CT molecular complexity index is 452. The molecule has 0 aliphatic heterocycles. The number of nitro benzene ring substituents is 1. The van der Waals surface area contributed by atoms with Crippen molar-refractivity contribution in [2.45, 2.75) is 12.2 Å². The minimum atomic E-state index is -1.52. The van der Waals surface area contributed by atoms with Gasteiger partial charge >= 0.3 is 5.69 Å². The molecule has 1 aromatic rings. The summed E-state index contributed by atoms with van der Waals surface area (Å²) in [5.41, 5.74) is -0.438. The van der Waals surface area contributed by atoms with Crippen LogP contribution in [0.2, 0.25) is 5.02 Å². The summed E-state index contributed by atoms with van der Waals surface area (Å²) >= 11 is 5.83. The van der Waals surface area contributed by atoms with E-state index in [1.807, 2.05) is 0 Å². The number of hydrogen-bond donors (Lipinski definition) is 3. The van der Waals surface area contributed by atoms with E-state index in [9.17, 15) is 20.3 Å². The van der Waals surface area contributed by atoms with Crippen LogP contribution in [0.3, 0.4) is 0 Å². The van der Waals surface area contributed by atoms with Gasteiger partial charge in [-0.25, -0.2) is 0 Å². The van der Waals surface area contributed by atoms with Crippen molar-refractivity contribution in [2.24, 2.45) is 0 Å². The Labute approximate surface area is 107 Å². The Morgan fingerprint density at radius 3 is 2.56 bits per heavy atom. The fourth-order valence-corrected chi connectivity index (χ4v) is 1.67. The van der Waals surface area contributed by atoms with Gasteiger partial charge in [0.2, 0.25) is 0 Å². The van der Waals surface area contributed by atoms with E-state index in [4.69, 9.17) is 21.4 Å². The van der Waals surface area contributed by atoms with Gasteiger partial charge in [-0.05, 0) is 0 Å². The molecule has 1 rings (SSSR count). The third-order valence-electron chi connectivity index (χ3n) is 2.37. The van der Waals surface area contributed by atoms with Crippen LogP contribution in [0.1, 0.15) is 11.7 Å². The van der Waals surface area contributed by atoms with E-state index in [0.717, 1.165) is 6.07 Å². The van der Waals surface area contributed by atoms with Crippen molar-refractivity contribution in [2.75, 3.05) is 13.7 Å². The molecule has 3 N–H and O–H groups in total. The highest BCUT2D eigenvalue weighted by Crippen LogP contribution is 2.36. The Morgan fingerprint density at radius 2 is 2.11 bits per heavy atom. The average Bonchev–Trinajstić information content (AvgIpc) is 2.36. The molecule has 0 amide bonds. The number of aliphatic hydroxyl groups is 3. The van der Waals surface area contributed by atoms with Crippen molar-refractivity contribution < 1.29 is 25.0 Å². The third-order valence-corrected chi connectivity index (χ3v) is 2.69. The van der Waals surface area contributed by atoms with Gasteiger partial charge in [-0.3, -0.25) is 10.1 Å². The second-order valence-electron chi connectivity index (χ2n) is 3.50. The first kappa shape index (κ1) is 14.7. The largest absolute Gasteiger partial charge is 0.490 e. The molecule has 0 bridgehead atoms. The number of hydrogen-bond acceptors (Lipinski definition) is 6. The maximum Gasteiger partial charge on any atom is 0.311 e. The Hall–Kier alpha value is -1.41. The van der Waals surface area contributed by atoms with Crippen LogP contribution in [0.5, 0.6) is 5.75 Å². The maximum absolute atomic E-state index is 10.8. The standard InChI is InChI=1S/C10H12ClNO6/c1-18-9-3-6(11)5(2-7(9)12(16)17)10(15)8(14)4-13/h2-3,8,10,13-15H,4H2,1H3. The number of benzene rings is 1. The molecule has 0 saturated heterocycles. The predicted molar refractivity (Wildman–Crippen MR) is 62.7 cm³/mol. The van der Waals surface area contributed by atoms with Gasteiger partial charge in [0.1, 0.15) is 12.2 Å². The highest BCUT2D eigenvalue weighted by Gasteiger charge is 2.25. The van der Waals surface area contributed by atoms with Crippen LogP contribution in [0.25, 0.3) is 0 Å². The average molecular weight is 278 g/mol. The lowest BCUT2D eigenvalue weighted by Crippen LogP contribution is -2.22. The van der Waals surface area contributed by atoms with Gasteiger partial charge in [0.15, 0.2) is 5.75 Å². The summed E-state index contributed by atoms with van der Waals surface area (Å²) in [4.78, 5) is 10.1. The molecule has 0 aliphatic rings. The van der Waals surface area contributed by atoms with E-state index in [2.05, 4.69) is 0 Å². The molecule has 0 spiro atoms. The van der Waals surface area contributed by atoms with E-state index < -0.39 is 23.7 Å². The molecule has 0 radical (unpaired) electrons. The summed E-state index contributed by atoms with van der Waals surface area (Å²) in [6.45, 7) is -0.697. The van der Waals surface area contributed by atoms with E-state index in [0.29, 0.717) is 0 Å². The molecule has 0 aromatic heterocycles. The second-order valence-corrected chi connectivity index (χ2v) is 3.90. The first-order chi connectivity index (χ1) is 8.42. The van der Waals surface area contributed by atoms with Crippen molar-refractivity contribution in [3.63, 3.8) is 0 Å². The van der Waals surface area contributed by atoms with E-state index in [-0.39, 0.29) is 22.0 Å². The minimum absolute atomic E-state index is 0.00236. The first-order valence-electron chi connectivity index (χ1n) is 4.91. The molecule has 2 atom stereocenters. The van der Waals surface area contributed by atoms with Crippen molar-refractivity contribution in [3.05, 3.63) is 32.8 Å². The van der Waals surface area contributed by atoms with Gasteiger partial charge in [0.25, 0.3) is 0 Å². The van der Waals surface area contributed by atoms with Crippen LogP contribution in [0, 0.1) is 10.1 Å². The summed E-state index contributed by atoms with van der Waals surface area (Å²) in [5, 5.41) is 38.5. The fraction of sp³-hybridized carbons (Fsp3) is 0.400. The first-order valence-corrected chi connectivity index (χ1v) is 5.29. The molecule has 100 valence electrons. The minimum Gasteiger partial charge on any atom is -0.490 e. The lowest BCUT2D eigenvalue weighted by atomic mass is 10.0. The summed E-state index contributed by atoms with van der Waals surface area (Å²) in [5.74, 6) is -0.0561. The smallest absolute Gasteiger partial charge is 0.311 e. The zero-order valence-corrected chi connectivity index (χ0v) is 10.2. The van der Waals surface area contributed by atoms with Crippen LogP contribution >= 0.6 is 11.6 Å². The number of halogens is 1. The number of aliphatic hydroxyl groups excluding tert-OH is 3. The number of rotatable bonds is 5. The molecular formula is C10H12ClNO6. The van der Waals surface area contributed by atoms with Crippen LogP contribution < -0.4 is 4.74 Å². The Balaban J connectivity index is 3.29. The molecule has 0 aliphatic carbocycles. The number of nitrogens with zero attached hydrogens (tertiary/aromatic N) is 1. The number of nitro groups is 1. The SMILES string of the molecule is COc1cc(Cl)c(C(O)C(O)CO)cc1[N+](=O)[O-]. The lowest BCUT2D eigenvalue weighted by molar-refractivity contribution is -0.385. The zero-order valence-electron chi connectivity index (χ0n) is 9.41. The number of ether oxygens (including phenoxy) is 1. The normalized spacial score (nSPS) is 14.1. The van der Waals surface area contributed by atoms with Gasteiger partial charge in [0, 0.05) is 17.7 Å². The molecule has 2 unspecified atom stereocenters. The van der Waals surface area contributed by atoms with Gasteiger partial charge in [-0.2, -0.15) is 0 Å². The highest BCUT2D eigenvalue weighted by atomic mass is 35.5. The molecule has 18 heavy (non-hydrogen) atoms. The molecule has 0 saturated carbocycles. The predicted octanol–water partition coefficient (Wildman–Crippen LogP) is 0.643. The van der Waals surface area contributed by atoms with Crippen LogP contribution in [0.15, 0.2) is 12.1 Å². The summed E-state index contributed by atoms with van der Waals surface area (Å²) in [6, 6.07) is 2.17. The monoisotopic (exact) mass is 277 g/mol. The van der Waals surface area contributed by atoms with Gasteiger partial charge < -0.3 is 20.1 Å². The van der Waals surface area contributed by atoms with E-state index in [1.165, 1.54) is 13.2 Å². The Kier molecular flexibility index (Phi) is 4.85. The fourth-order valence-electron chi connectivity index (χ4n) is 1.40. The molecule has 1 aromatic carbocycles. The van der Waals surface area contributed by atoms with Gasteiger partial charge in [-0.15, -0.1) is 0 Å². The zero-order chi connectivity index (χ0) is 13.9. The Morgan fingerprint density at radius 1 is 1.50 bits per heavy atom. The maximum atomic E-state index is 10.8.